The number of rotatable bonds is 5. The predicted molar refractivity (Wildman–Crippen MR) is 102 cm³/mol. The summed E-state index contributed by atoms with van der Waals surface area (Å²) in [5, 5.41) is 3.24. The molecule has 2 fully saturated rings. The Balaban J connectivity index is 1.91. The summed E-state index contributed by atoms with van der Waals surface area (Å²) >= 11 is 1.31. The summed E-state index contributed by atoms with van der Waals surface area (Å²) in [6, 6.07) is -0.242. The molecule has 0 bridgehead atoms. The third-order valence-electron chi connectivity index (χ3n) is 5.45. The van der Waals surface area contributed by atoms with E-state index in [0.717, 1.165) is 16.9 Å². The number of amides is 2. The van der Waals surface area contributed by atoms with E-state index in [2.05, 4.69) is 5.32 Å². The number of thiophene rings is 1. The van der Waals surface area contributed by atoms with Crippen LogP contribution in [0.3, 0.4) is 0 Å². The average molecular weight is 394 g/mol. The van der Waals surface area contributed by atoms with E-state index in [-0.39, 0.29) is 30.1 Å². The van der Waals surface area contributed by atoms with Crippen molar-refractivity contribution in [1.82, 2.24) is 19.4 Å². The number of carbonyl (C=O) groups is 1. The van der Waals surface area contributed by atoms with Gasteiger partial charge in [-0.25, -0.2) is 14.0 Å². The zero-order valence-corrected chi connectivity index (χ0v) is 16.4. The van der Waals surface area contributed by atoms with E-state index in [9.17, 15) is 18.8 Å². The van der Waals surface area contributed by atoms with Crippen LogP contribution in [0.15, 0.2) is 9.59 Å². The maximum Gasteiger partial charge on any atom is 0.332 e. The van der Waals surface area contributed by atoms with Gasteiger partial charge in [0.2, 0.25) is 0 Å². The molecule has 2 aliphatic rings. The fraction of sp³-hybridized carbons (Fsp3) is 0.611. The van der Waals surface area contributed by atoms with E-state index in [1.807, 2.05) is 13.8 Å². The monoisotopic (exact) mass is 394 g/mol. The van der Waals surface area contributed by atoms with E-state index < -0.39 is 11.9 Å². The Morgan fingerprint density at radius 3 is 2.59 bits per heavy atom. The van der Waals surface area contributed by atoms with Gasteiger partial charge in [0.15, 0.2) is 0 Å². The molecule has 1 aliphatic carbocycles. The molecule has 146 valence electrons. The predicted octanol–water partition coefficient (Wildman–Crippen LogP) is 2.00. The molecule has 0 aromatic carbocycles. The summed E-state index contributed by atoms with van der Waals surface area (Å²) in [6.45, 7) is 6.75. The van der Waals surface area contributed by atoms with Crippen LogP contribution in [-0.4, -0.2) is 39.3 Å². The third-order valence-corrected chi connectivity index (χ3v) is 6.75. The minimum absolute atomic E-state index is 0.0830. The molecule has 3 heterocycles. The molecule has 1 saturated carbocycles. The van der Waals surface area contributed by atoms with E-state index in [1.165, 1.54) is 27.4 Å². The first-order valence-electron chi connectivity index (χ1n) is 9.23. The standard InChI is InChI=1S/C18H23FN4O3S/c1-9-6-12(9)23-15(24)14-11(3)13(8-21-5-4-20-17(21)25)27-16(14)22(18(23)26)7-10(2)19/h9-10,12H,4-8H2,1-3H3,(H,20,25). The summed E-state index contributed by atoms with van der Waals surface area (Å²) < 4.78 is 16.5. The average Bonchev–Trinajstić information content (AvgIpc) is 3.01. The summed E-state index contributed by atoms with van der Waals surface area (Å²) in [5.74, 6) is 0.274. The first-order valence-corrected chi connectivity index (χ1v) is 10.1. The van der Waals surface area contributed by atoms with Crippen molar-refractivity contribution in [2.24, 2.45) is 5.92 Å². The molecular weight excluding hydrogens is 371 g/mol. The molecule has 4 rings (SSSR count). The second-order valence-electron chi connectivity index (χ2n) is 7.61. The smallest absolute Gasteiger partial charge is 0.332 e. The Bertz CT molecular complexity index is 1040. The number of aromatic nitrogens is 2. The number of urea groups is 1. The highest BCUT2D eigenvalue weighted by Gasteiger charge is 2.38. The number of alkyl halides is 1. The van der Waals surface area contributed by atoms with Crippen LogP contribution in [0.1, 0.15) is 36.8 Å². The van der Waals surface area contributed by atoms with Crippen LogP contribution in [-0.2, 0) is 13.1 Å². The Morgan fingerprint density at radius 2 is 2.04 bits per heavy atom. The van der Waals surface area contributed by atoms with Crippen molar-refractivity contribution in [1.29, 1.82) is 0 Å². The lowest BCUT2D eigenvalue weighted by Gasteiger charge is -2.12. The summed E-state index contributed by atoms with van der Waals surface area (Å²) in [5.41, 5.74) is 0.0538. The van der Waals surface area contributed by atoms with E-state index in [0.29, 0.717) is 29.9 Å². The van der Waals surface area contributed by atoms with Crippen molar-refractivity contribution < 1.29 is 9.18 Å². The molecular formula is C18H23FN4O3S. The molecule has 2 aromatic heterocycles. The lowest BCUT2D eigenvalue weighted by Crippen LogP contribution is -2.40. The van der Waals surface area contributed by atoms with Gasteiger partial charge in [-0.2, -0.15) is 0 Å². The zero-order valence-electron chi connectivity index (χ0n) is 15.6. The highest BCUT2D eigenvalue weighted by Crippen LogP contribution is 2.41. The van der Waals surface area contributed by atoms with Gasteiger partial charge < -0.3 is 10.2 Å². The van der Waals surface area contributed by atoms with Gasteiger partial charge in [0.25, 0.3) is 5.56 Å². The van der Waals surface area contributed by atoms with Crippen LogP contribution < -0.4 is 16.6 Å². The zero-order chi connectivity index (χ0) is 19.5. The highest BCUT2D eigenvalue weighted by molar-refractivity contribution is 7.18. The fourth-order valence-corrected chi connectivity index (χ4v) is 5.08. The minimum atomic E-state index is -1.20. The van der Waals surface area contributed by atoms with Gasteiger partial charge in [-0.05, 0) is 31.7 Å². The molecule has 2 amide bonds. The molecule has 27 heavy (non-hydrogen) atoms. The van der Waals surface area contributed by atoms with Crippen LogP contribution in [0.2, 0.25) is 0 Å². The quantitative estimate of drug-likeness (QED) is 0.843. The second-order valence-corrected chi connectivity index (χ2v) is 8.70. The van der Waals surface area contributed by atoms with Crippen molar-refractivity contribution in [3.8, 4) is 0 Å². The molecule has 2 aromatic rings. The van der Waals surface area contributed by atoms with E-state index >= 15 is 0 Å². The molecule has 7 nitrogen and oxygen atoms in total. The summed E-state index contributed by atoms with van der Waals surface area (Å²) in [6.07, 6.45) is -0.417. The Labute approximate surface area is 159 Å². The summed E-state index contributed by atoms with van der Waals surface area (Å²) in [7, 11) is 0. The molecule has 1 aliphatic heterocycles. The maximum atomic E-state index is 13.8. The number of carbonyl (C=O) groups excluding carboxylic acids is 1. The van der Waals surface area contributed by atoms with Crippen LogP contribution >= 0.6 is 11.3 Å². The van der Waals surface area contributed by atoms with Crippen molar-refractivity contribution >= 4 is 27.6 Å². The molecule has 9 heteroatoms. The van der Waals surface area contributed by atoms with Gasteiger partial charge in [-0.1, -0.05) is 6.92 Å². The lowest BCUT2D eigenvalue weighted by molar-refractivity contribution is 0.216. The SMILES string of the molecule is Cc1c(CN2CCNC2=O)sc2c1c(=O)n(C1CC1C)c(=O)n2CC(C)F. The third kappa shape index (κ3) is 2.97. The van der Waals surface area contributed by atoms with Crippen molar-refractivity contribution in [2.45, 2.75) is 52.5 Å². The number of aryl methyl sites for hydroxylation is 1. The Morgan fingerprint density at radius 1 is 1.33 bits per heavy atom. The number of hydrogen-bond donors (Lipinski definition) is 1. The van der Waals surface area contributed by atoms with Crippen LogP contribution in [0.25, 0.3) is 10.2 Å². The van der Waals surface area contributed by atoms with Crippen LogP contribution in [0, 0.1) is 12.8 Å². The fourth-order valence-electron chi connectivity index (χ4n) is 3.76. The van der Waals surface area contributed by atoms with Crippen molar-refractivity contribution in [3.05, 3.63) is 31.3 Å². The van der Waals surface area contributed by atoms with Crippen LogP contribution in [0.4, 0.5) is 9.18 Å². The van der Waals surface area contributed by atoms with Crippen LogP contribution in [0.5, 0.6) is 0 Å². The van der Waals surface area contributed by atoms with Gasteiger partial charge in [-0.3, -0.25) is 13.9 Å². The molecule has 0 spiro atoms. The number of fused-ring (bicyclic) bond motifs is 1. The van der Waals surface area contributed by atoms with Gasteiger partial charge in [-0.15, -0.1) is 11.3 Å². The summed E-state index contributed by atoms with van der Waals surface area (Å²) in [4.78, 5) is 41.0. The lowest BCUT2D eigenvalue weighted by atomic mass is 10.2. The van der Waals surface area contributed by atoms with Gasteiger partial charge in [0.05, 0.1) is 18.5 Å². The highest BCUT2D eigenvalue weighted by atomic mass is 32.1. The largest absolute Gasteiger partial charge is 0.336 e. The second kappa shape index (κ2) is 6.47. The molecule has 3 atom stereocenters. The first-order chi connectivity index (χ1) is 12.8. The number of halogens is 1. The number of hydrogen-bond acceptors (Lipinski definition) is 4. The van der Waals surface area contributed by atoms with E-state index in [1.54, 1.807) is 4.90 Å². The number of nitrogens with zero attached hydrogens (tertiary/aromatic N) is 3. The van der Waals surface area contributed by atoms with Crippen molar-refractivity contribution in [3.63, 3.8) is 0 Å². The Hall–Kier alpha value is -2.16. The van der Waals surface area contributed by atoms with Crippen molar-refractivity contribution in [2.75, 3.05) is 13.1 Å². The topological polar surface area (TPSA) is 76.3 Å². The molecule has 3 unspecified atom stereocenters. The maximum absolute atomic E-state index is 13.8. The molecule has 0 radical (unpaired) electrons. The molecule has 1 saturated heterocycles. The van der Waals surface area contributed by atoms with Gasteiger partial charge in [0, 0.05) is 24.0 Å². The molecule has 1 N–H and O–H groups in total. The van der Waals surface area contributed by atoms with E-state index in [4.69, 9.17) is 0 Å². The van der Waals surface area contributed by atoms with Gasteiger partial charge in [0.1, 0.15) is 11.0 Å². The minimum Gasteiger partial charge on any atom is -0.336 e. The Kier molecular flexibility index (Phi) is 4.37. The normalized spacial score (nSPS) is 23.1. The first kappa shape index (κ1) is 18.2. The van der Waals surface area contributed by atoms with Gasteiger partial charge >= 0.3 is 11.7 Å². The number of nitrogens with one attached hydrogen (secondary N) is 1.